The Kier molecular flexibility index (Phi) is 6.84. The Labute approximate surface area is 172 Å². The fraction of sp³-hybridized carbons (Fsp3) is 0.316. The Hall–Kier alpha value is -2.07. The first-order valence-electron chi connectivity index (χ1n) is 9.01. The van der Waals surface area contributed by atoms with Crippen molar-refractivity contribution < 1.29 is 22.0 Å². The van der Waals surface area contributed by atoms with Crippen molar-refractivity contribution in [3.8, 4) is 11.1 Å². The van der Waals surface area contributed by atoms with Crippen LogP contribution in [0.25, 0.3) is 11.1 Å². The molecule has 1 amide bonds. The molecule has 0 aliphatic carbocycles. The van der Waals surface area contributed by atoms with Gasteiger partial charge in [0.1, 0.15) is 5.82 Å². The normalized spacial score (nSPS) is 17.1. The van der Waals surface area contributed by atoms with Crippen LogP contribution in [0.2, 0.25) is 5.02 Å². The van der Waals surface area contributed by atoms with Gasteiger partial charge in [-0.15, -0.1) is 4.83 Å². The molecule has 2 aromatic carbocycles. The van der Waals surface area contributed by atoms with Crippen LogP contribution in [-0.2, 0) is 10.0 Å². The SMILES string of the molecule is O=C(NNS(=O)(=O)CC1CCCNC1)c1cc(-c2cccc(F)c2)cc(Cl)c1F. The number of carbonyl (C=O) groups is 1. The second kappa shape index (κ2) is 9.17. The molecule has 0 saturated carbocycles. The molecule has 1 aliphatic heterocycles. The van der Waals surface area contributed by atoms with Crippen LogP contribution in [-0.4, -0.2) is 33.2 Å². The van der Waals surface area contributed by atoms with Crippen LogP contribution >= 0.6 is 11.6 Å². The second-order valence-corrected chi connectivity index (χ2v) is 9.05. The van der Waals surface area contributed by atoms with Crippen LogP contribution in [0.15, 0.2) is 36.4 Å². The molecule has 1 aliphatic rings. The number of sulfonamides is 1. The zero-order valence-corrected chi connectivity index (χ0v) is 16.9. The van der Waals surface area contributed by atoms with Crippen LogP contribution < -0.4 is 15.6 Å². The molecule has 3 rings (SSSR count). The fourth-order valence-electron chi connectivity index (χ4n) is 3.20. The molecule has 0 bridgehead atoms. The van der Waals surface area contributed by atoms with E-state index >= 15 is 0 Å². The maximum absolute atomic E-state index is 14.4. The predicted octanol–water partition coefficient (Wildman–Crippen LogP) is 2.85. The first-order chi connectivity index (χ1) is 13.7. The number of hydrogen-bond acceptors (Lipinski definition) is 4. The lowest BCUT2D eigenvalue weighted by atomic mass is 10.0. The third-order valence-electron chi connectivity index (χ3n) is 4.60. The van der Waals surface area contributed by atoms with E-state index in [0.29, 0.717) is 17.7 Å². The summed E-state index contributed by atoms with van der Waals surface area (Å²) in [5.74, 6) is -2.74. The summed E-state index contributed by atoms with van der Waals surface area (Å²) in [5.41, 5.74) is 2.27. The van der Waals surface area contributed by atoms with Gasteiger partial charge in [-0.1, -0.05) is 23.7 Å². The minimum Gasteiger partial charge on any atom is -0.316 e. The summed E-state index contributed by atoms with van der Waals surface area (Å²) in [4.78, 5) is 14.4. The molecular weight excluding hydrogens is 424 g/mol. The third-order valence-corrected chi connectivity index (χ3v) is 6.20. The van der Waals surface area contributed by atoms with E-state index < -0.39 is 33.1 Å². The highest BCUT2D eigenvalue weighted by Gasteiger charge is 2.23. The molecule has 0 radical (unpaired) electrons. The smallest absolute Gasteiger partial charge is 0.269 e. The zero-order valence-electron chi connectivity index (χ0n) is 15.3. The number of nitrogens with one attached hydrogen (secondary N) is 3. The highest BCUT2D eigenvalue weighted by molar-refractivity contribution is 7.89. The van der Waals surface area contributed by atoms with E-state index in [1.807, 2.05) is 10.3 Å². The topological polar surface area (TPSA) is 87.3 Å². The van der Waals surface area contributed by atoms with Gasteiger partial charge in [-0.25, -0.2) is 17.2 Å². The first kappa shape index (κ1) is 21.6. The average molecular weight is 444 g/mol. The molecule has 10 heteroatoms. The van der Waals surface area contributed by atoms with Crippen molar-refractivity contribution in [3.63, 3.8) is 0 Å². The average Bonchev–Trinajstić information content (AvgIpc) is 2.68. The Bertz CT molecular complexity index is 1010. The van der Waals surface area contributed by atoms with E-state index in [1.54, 1.807) is 6.07 Å². The molecule has 29 heavy (non-hydrogen) atoms. The van der Waals surface area contributed by atoms with Gasteiger partial charge in [0.15, 0.2) is 5.82 Å². The van der Waals surface area contributed by atoms with E-state index in [-0.39, 0.29) is 16.7 Å². The molecule has 156 valence electrons. The van der Waals surface area contributed by atoms with Gasteiger partial charge in [-0.2, -0.15) is 0 Å². The lowest BCUT2D eigenvalue weighted by Gasteiger charge is -2.22. The zero-order chi connectivity index (χ0) is 21.0. The molecule has 1 fully saturated rings. The van der Waals surface area contributed by atoms with Gasteiger partial charge in [0.05, 0.1) is 16.3 Å². The number of rotatable bonds is 6. The lowest BCUT2D eigenvalue weighted by molar-refractivity contribution is 0.0941. The van der Waals surface area contributed by atoms with E-state index in [0.717, 1.165) is 19.4 Å². The molecule has 1 atom stereocenters. The summed E-state index contributed by atoms with van der Waals surface area (Å²) in [6.07, 6.45) is 1.64. The van der Waals surface area contributed by atoms with Crippen molar-refractivity contribution in [1.29, 1.82) is 0 Å². The van der Waals surface area contributed by atoms with Crippen molar-refractivity contribution >= 4 is 27.5 Å². The number of benzene rings is 2. The molecule has 0 aromatic heterocycles. The quantitative estimate of drug-likeness (QED) is 0.599. The minimum atomic E-state index is -3.80. The minimum absolute atomic E-state index is 0.0689. The second-order valence-electron chi connectivity index (χ2n) is 6.88. The molecule has 1 unspecified atom stereocenters. The van der Waals surface area contributed by atoms with E-state index in [2.05, 4.69) is 5.32 Å². The van der Waals surface area contributed by atoms with Gasteiger partial charge >= 0.3 is 0 Å². The fourth-order valence-corrected chi connectivity index (χ4v) is 4.65. The maximum Gasteiger partial charge on any atom is 0.269 e. The maximum atomic E-state index is 14.4. The number of piperidine rings is 1. The molecule has 1 saturated heterocycles. The Morgan fingerprint density at radius 1 is 1.21 bits per heavy atom. The van der Waals surface area contributed by atoms with Crippen LogP contribution in [0.3, 0.4) is 0 Å². The van der Waals surface area contributed by atoms with Gasteiger partial charge < -0.3 is 5.32 Å². The Morgan fingerprint density at radius 3 is 2.69 bits per heavy atom. The van der Waals surface area contributed by atoms with Crippen LogP contribution in [0.4, 0.5) is 8.78 Å². The largest absolute Gasteiger partial charge is 0.316 e. The third kappa shape index (κ3) is 5.72. The van der Waals surface area contributed by atoms with Crippen molar-refractivity contribution in [3.05, 3.63) is 58.6 Å². The number of amides is 1. The highest BCUT2D eigenvalue weighted by Crippen LogP contribution is 2.28. The van der Waals surface area contributed by atoms with Gasteiger partial charge in [-0.3, -0.25) is 10.2 Å². The Balaban J connectivity index is 1.74. The van der Waals surface area contributed by atoms with E-state index in [4.69, 9.17) is 11.6 Å². The van der Waals surface area contributed by atoms with Gasteiger partial charge in [0.2, 0.25) is 10.0 Å². The van der Waals surface area contributed by atoms with Crippen LogP contribution in [0.1, 0.15) is 23.2 Å². The summed E-state index contributed by atoms with van der Waals surface area (Å²) in [5, 5.41) is 2.78. The number of halogens is 3. The summed E-state index contributed by atoms with van der Waals surface area (Å²) in [6.45, 7) is 1.43. The monoisotopic (exact) mass is 443 g/mol. The highest BCUT2D eigenvalue weighted by atomic mass is 35.5. The number of hydrazine groups is 1. The van der Waals surface area contributed by atoms with Crippen molar-refractivity contribution in [2.45, 2.75) is 12.8 Å². The molecule has 1 heterocycles. The summed E-state index contributed by atoms with van der Waals surface area (Å²) in [6, 6.07) is 7.96. The predicted molar refractivity (Wildman–Crippen MR) is 107 cm³/mol. The number of carbonyl (C=O) groups excluding carboxylic acids is 1. The molecular formula is C19H20ClF2N3O3S. The van der Waals surface area contributed by atoms with Gasteiger partial charge in [0, 0.05) is 0 Å². The Morgan fingerprint density at radius 2 is 2.00 bits per heavy atom. The lowest BCUT2D eigenvalue weighted by Crippen LogP contribution is -2.45. The number of hydrogen-bond donors (Lipinski definition) is 3. The van der Waals surface area contributed by atoms with Crippen molar-refractivity contribution in [2.75, 3.05) is 18.8 Å². The summed E-state index contributed by atoms with van der Waals surface area (Å²) >= 11 is 5.88. The molecule has 2 aromatic rings. The first-order valence-corrected chi connectivity index (χ1v) is 11.0. The van der Waals surface area contributed by atoms with E-state index in [1.165, 1.54) is 30.3 Å². The molecule has 0 spiro atoms. The summed E-state index contributed by atoms with van der Waals surface area (Å²) < 4.78 is 52.2. The van der Waals surface area contributed by atoms with Crippen LogP contribution in [0.5, 0.6) is 0 Å². The van der Waals surface area contributed by atoms with Gasteiger partial charge in [0.25, 0.3) is 5.91 Å². The summed E-state index contributed by atoms with van der Waals surface area (Å²) in [7, 11) is -3.80. The van der Waals surface area contributed by atoms with Crippen molar-refractivity contribution in [1.82, 2.24) is 15.6 Å². The van der Waals surface area contributed by atoms with Crippen LogP contribution in [0, 0.1) is 17.6 Å². The van der Waals surface area contributed by atoms with E-state index in [9.17, 15) is 22.0 Å². The van der Waals surface area contributed by atoms with Gasteiger partial charge in [-0.05, 0) is 67.2 Å². The van der Waals surface area contributed by atoms with Crippen molar-refractivity contribution in [2.24, 2.45) is 5.92 Å². The molecule has 3 N–H and O–H groups in total. The standard InChI is InChI=1S/C19H20ClF2N3O3S/c20-17-9-14(13-4-1-5-15(21)7-13)8-16(18(17)22)19(26)24-25-29(27,28)11-12-3-2-6-23-10-12/h1,4-5,7-9,12,23,25H,2-3,6,10-11H2,(H,24,26). The molecule has 6 nitrogen and oxygen atoms in total.